The monoisotopic (exact) mass is 531 g/mol. The van der Waals surface area contributed by atoms with E-state index in [4.69, 9.17) is 25.8 Å². The topological polar surface area (TPSA) is 68.2 Å². The summed E-state index contributed by atoms with van der Waals surface area (Å²) in [4.78, 5) is 13.8. The normalized spacial score (nSPS) is 11.4. The summed E-state index contributed by atoms with van der Waals surface area (Å²) in [6.07, 6.45) is -1.62. The van der Waals surface area contributed by atoms with E-state index in [1.165, 1.54) is 4.90 Å². The van der Waals surface area contributed by atoms with Crippen molar-refractivity contribution in [3.63, 3.8) is 0 Å². The van der Waals surface area contributed by atoms with Crippen LogP contribution in [-0.4, -0.2) is 29.7 Å². The second-order valence-corrected chi connectivity index (χ2v) is 9.21. The predicted octanol–water partition coefficient (Wildman–Crippen LogP) is 6.80. The van der Waals surface area contributed by atoms with Crippen LogP contribution in [0, 0.1) is 0 Å². The van der Waals surface area contributed by atoms with E-state index >= 15 is 0 Å². The molecule has 0 bridgehead atoms. The Bertz CT molecular complexity index is 1300. The van der Waals surface area contributed by atoms with Crippen molar-refractivity contribution in [1.82, 2.24) is 4.90 Å². The Morgan fingerprint density at radius 1 is 0.763 bits per heavy atom. The summed E-state index contributed by atoms with van der Waals surface area (Å²) in [6.45, 7) is 0.768. The molecule has 0 saturated heterocycles. The number of carbonyl (C=O) groups is 1. The lowest BCUT2D eigenvalue weighted by Gasteiger charge is -2.23. The number of nitrogens with zero attached hydrogens (tertiary/aromatic N) is 1. The van der Waals surface area contributed by atoms with E-state index in [1.54, 1.807) is 19.2 Å². The molecule has 0 heterocycles. The molecule has 0 saturated carbocycles. The molecule has 4 aromatic carbocycles. The maximum absolute atomic E-state index is 12.5. The molecule has 0 unspecified atom stereocenters. The summed E-state index contributed by atoms with van der Waals surface area (Å²) < 4.78 is 17.5. The molecule has 0 aliphatic heterocycles. The molecule has 0 aromatic heterocycles. The van der Waals surface area contributed by atoms with Gasteiger partial charge in [-0.3, -0.25) is 0 Å². The van der Waals surface area contributed by atoms with Crippen LogP contribution in [0.15, 0.2) is 103 Å². The van der Waals surface area contributed by atoms with Crippen LogP contribution in [0.1, 0.15) is 28.4 Å². The number of hydrogen-bond donors (Lipinski definition) is 1. The third-order valence-corrected chi connectivity index (χ3v) is 6.19. The van der Waals surface area contributed by atoms with Gasteiger partial charge in [-0.15, -0.1) is 0 Å². The van der Waals surface area contributed by atoms with Crippen molar-refractivity contribution in [3.8, 4) is 11.5 Å². The van der Waals surface area contributed by atoms with Crippen LogP contribution in [0.2, 0.25) is 5.02 Å². The smallest absolute Gasteiger partial charge is 0.409 e. The Kier molecular flexibility index (Phi) is 9.62. The number of likely N-dealkylation sites (N-methyl/N-ethyl adjacent to an activating group) is 1. The number of ether oxygens (including phenoxy) is 3. The molecule has 196 valence electrons. The molecule has 7 heteroatoms. The Balaban J connectivity index is 1.46. The number of carbonyl (C=O) groups excluding carboxylic acids is 1. The molecule has 0 spiro atoms. The standard InChI is InChI=1S/C31H30ClNO5/c1-33(31(35)38-22-25-15-9-4-10-16-25)19-28(34)26-17-29(36-20-23-11-5-2-6-12-23)30(18-27(26)32)37-21-24-13-7-3-8-14-24/h2-18,28,34H,19-22H2,1H3/t28-/m1/s1. The summed E-state index contributed by atoms with van der Waals surface area (Å²) in [6, 6.07) is 32.2. The van der Waals surface area contributed by atoms with E-state index in [0.717, 1.165) is 16.7 Å². The van der Waals surface area contributed by atoms with Gasteiger partial charge in [-0.2, -0.15) is 0 Å². The molecule has 1 atom stereocenters. The third kappa shape index (κ3) is 7.75. The first-order chi connectivity index (χ1) is 18.5. The highest BCUT2D eigenvalue weighted by atomic mass is 35.5. The van der Waals surface area contributed by atoms with Gasteiger partial charge in [0.1, 0.15) is 19.8 Å². The number of aliphatic hydroxyl groups is 1. The number of benzene rings is 4. The van der Waals surface area contributed by atoms with E-state index in [1.807, 2.05) is 91.0 Å². The fourth-order valence-electron chi connectivity index (χ4n) is 3.76. The van der Waals surface area contributed by atoms with Gasteiger partial charge in [-0.25, -0.2) is 4.79 Å². The zero-order valence-corrected chi connectivity index (χ0v) is 21.9. The fourth-order valence-corrected chi connectivity index (χ4v) is 4.04. The molecule has 0 aliphatic carbocycles. The molecule has 1 amide bonds. The molecule has 0 radical (unpaired) electrons. The van der Waals surface area contributed by atoms with E-state index in [2.05, 4.69) is 0 Å². The Morgan fingerprint density at radius 3 is 1.71 bits per heavy atom. The minimum absolute atomic E-state index is 0.0182. The molecule has 6 nitrogen and oxygen atoms in total. The molecule has 0 aliphatic rings. The van der Waals surface area contributed by atoms with Gasteiger partial charge in [0.25, 0.3) is 0 Å². The lowest BCUT2D eigenvalue weighted by molar-refractivity contribution is 0.0786. The van der Waals surface area contributed by atoms with Crippen LogP contribution in [0.4, 0.5) is 4.79 Å². The van der Waals surface area contributed by atoms with Gasteiger partial charge in [0.05, 0.1) is 17.7 Å². The largest absolute Gasteiger partial charge is 0.485 e. The Hall–Kier alpha value is -4.00. The van der Waals surface area contributed by atoms with Gasteiger partial charge in [-0.05, 0) is 22.8 Å². The average Bonchev–Trinajstić information content (AvgIpc) is 2.95. The molecular weight excluding hydrogens is 502 g/mol. The summed E-state index contributed by atoms with van der Waals surface area (Å²) in [5.74, 6) is 0.902. The maximum Gasteiger partial charge on any atom is 0.409 e. The zero-order valence-electron chi connectivity index (χ0n) is 21.1. The molecule has 38 heavy (non-hydrogen) atoms. The van der Waals surface area contributed by atoms with Gasteiger partial charge in [0.15, 0.2) is 11.5 Å². The van der Waals surface area contributed by atoms with Gasteiger partial charge in [0.2, 0.25) is 0 Å². The first-order valence-corrected chi connectivity index (χ1v) is 12.6. The van der Waals surface area contributed by atoms with E-state index in [0.29, 0.717) is 35.3 Å². The Labute approximate surface area is 228 Å². The fraction of sp³-hybridized carbons (Fsp3) is 0.194. The molecular formula is C31H30ClNO5. The van der Waals surface area contributed by atoms with Crippen molar-refractivity contribution in [3.05, 3.63) is 130 Å². The minimum atomic E-state index is -1.07. The van der Waals surface area contributed by atoms with Gasteiger partial charge in [0, 0.05) is 18.7 Å². The predicted molar refractivity (Wildman–Crippen MR) is 147 cm³/mol. The highest BCUT2D eigenvalue weighted by Gasteiger charge is 2.21. The van der Waals surface area contributed by atoms with Crippen LogP contribution < -0.4 is 9.47 Å². The van der Waals surface area contributed by atoms with Crippen LogP contribution in [-0.2, 0) is 24.6 Å². The van der Waals surface area contributed by atoms with Gasteiger partial charge < -0.3 is 24.2 Å². The van der Waals surface area contributed by atoms with Crippen LogP contribution in [0.3, 0.4) is 0 Å². The van der Waals surface area contributed by atoms with E-state index < -0.39 is 12.2 Å². The number of aliphatic hydroxyl groups excluding tert-OH is 1. The quantitative estimate of drug-likeness (QED) is 0.230. The second kappa shape index (κ2) is 13.5. The number of amides is 1. The highest BCUT2D eigenvalue weighted by Crippen LogP contribution is 2.37. The highest BCUT2D eigenvalue weighted by molar-refractivity contribution is 6.31. The van der Waals surface area contributed by atoms with Gasteiger partial charge >= 0.3 is 6.09 Å². The zero-order chi connectivity index (χ0) is 26.7. The van der Waals surface area contributed by atoms with Crippen LogP contribution in [0.25, 0.3) is 0 Å². The van der Waals surface area contributed by atoms with Crippen molar-refractivity contribution in [2.75, 3.05) is 13.6 Å². The molecule has 1 N–H and O–H groups in total. The number of halogens is 1. The Morgan fingerprint density at radius 2 is 1.21 bits per heavy atom. The first-order valence-electron chi connectivity index (χ1n) is 12.3. The molecule has 4 rings (SSSR count). The number of rotatable bonds is 11. The van der Waals surface area contributed by atoms with Crippen LogP contribution >= 0.6 is 11.6 Å². The second-order valence-electron chi connectivity index (χ2n) is 8.81. The van der Waals surface area contributed by atoms with Crippen LogP contribution in [0.5, 0.6) is 11.5 Å². The van der Waals surface area contributed by atoms with Crippen molar-refractivity contribution in [2.45, 2.75) is 25.9 Å². The van der Waals surface area contributed by atoms with Crippen molar-refractivity contribution in [2.24, 2.45) is 0 Å². The summed E-state index contributed by atoms with van der Waals surface area (Å²) in [5.41, 5.74) is 3.28. The van der Waals surface area contributed by atoms with E-state index in [9.17, 15) is 9.90 Å². The molecule has 4 aromatic rings. The average molecular weight is 532 g/mol. The third-order valence-electron chi connectivity index (χ3n) is 5.86. The van der Waals surface area contributed by atoms with Crippen molar-refractivity contribution < 1.29 is 24.1 Å². The minimum Gasteiger partial charge on any atom is -0.485 e. The van der Waals surface area contributed by atoms with Gasteiger partial charge in [-0.1, -0.05) is 103 Å². The first kappa shape index (κ1) is 27.0. The maximum atomic E-state index is 12.5. The van der Waals surface area contributed by atoms with Crippen molar-refractivity contribution >= 4 is 17.7 Å². The lowest BCUT2D eigenvalue weighted by atomic mass is 10.1. The summed E-state index contributed by atoms with van der Waals surface area (Å²) >= 11 is 6.57. The van der Waals surface area contributed by atoms with Crippen molar-refractivity contribution in [1.29, 1.82) is 0 Å². The summed E-state index contributed by atoms with van der Waals surface area (Å²) in [7, 11) is 1.56. The summed E-state index contributed by atoms with van der Waals surface area (Å²) in [5, 5.41) is 11.3. The number of hydrogen-bond acceptors (Lipinski definition) is 5. The molecule has 0 fully saturated rings. The van der Waals surface area contributed by atoms with E-state index in [-0.39, 0.29) is 13.2 Å². The SMILES string of the molecule is CN(C[C@@H](O)c1cc(OCc2ccccc2)c(OCc2ccccc2)cc1Cl)C(=O)OCc1ccccc1. The lowest BCUT2D eigenvalue weighted by Crippen LogP contribution is -2.31.